The average Bonchev–Trinajstić information content (AvgIpc) is 2.60. The first-order valence-electron chi connectivity index (χ1n) is 4.54. The molecule has 16 heavy (non-hydrogen) atoms. The van der Waals surface area contributed by atoms with Crippen LogP contribution in [0.5, 0.6) is 0 Å². The van der Waals surface area contributed by atoms with E-state index in [4.69, 9.17) is 5.11 Å². The Morgan fingerprint density at radius 3 is 2.75 bits per heavy atom. The van der Waals surface area contributed by atoms with E-state index in [1.54, 1.807) is 18.2 Å². The average molecular weight is 286 g/mol. The largest absolute Gasteiger partial charge is 0.465 e. The Labute approximate surface area is 99.6 Å². The number of carbonyl (C=O) groups excluding carboxylic acids is 1. The monoisotopic (exact) mass is 285 g/mol. The molecule has 0 aliphatic carbocycles. The van der Waals surface area contributed by atoms with Crippen LogP contribution in [0.2, 0.25) is 0 Å². The summed E-state index contributed by atoms with van der Waals surface area (Å²) in [5.74, 6) is 0.447. The standard InChI is InChI=1S/C9H8BrN3O3/c10-6-2-1-3-7(11-6)12-4-5-13(8(12)14)9(15)16/h1-3H,4-5H2,(H,15,16). The Morgan fingerprint density at radius 1 is 1.44 bits per heavy atom. The van der Waals surface area contributed by atoms with Crippen molar-refractivity contribution in [2.45, 2.75) is 0 Å². The molecule has 1 fully saturated rings. The van der Waals surface area contributed by atoms with Crippen LogP contribution >= 0.6 is 15.9 Å². The molecule has 3 amide bonds. The Balaban J connectivity index is 2.25. The number of carbonyl (C=O) groups is 2. The van der Waals surface area contributed by atoms with Gasteiger partial charge in [-0.1, -0.05) is 6.07 Å². The molecule has 84 valence electrons. The van der Waals surface area contributed by atoms with E-state index in [1.165, 1.54) is 4.90 Å². The van der Waals surface area contributed by atoms with Crippen LogP contribution in [0.3, 0.4) is 0 Å². The number of aromatic nitrogens is 1. The molecular formula is C9H8BrN3O3. The highest BCUT2D eigenvalue weighted by Gasteiger charge is 2.34. The minimum atomic E-state index is -1.23. The number of nitrogens with zero attached hydrogens (tertiary/aromatic N) is 3. The van der Waals surface area contributed by atoms with Gasteiger partial charge in [-0.15, -0.1) is 0 Å². The number of urea groups is 1. The number of imide groups is 1. The second-order valence-electron chi connectivity index (χ2n) is 3.19. The van der Waals surface area contributed by atoms with Crippen LogP contribution in [0.25, 0.3) is 0 Å². The molecule has 0 unspecified atom stereocenters. The van der Waals surface area contributed by atoms with Gasteiger partial charge in [0.15, 0.2) is 0 Å². The van der Waals surface area contributed by atoms with E-state index in [0.717, 1.165) is 4.90 Å². The molecule has 0 bridgehead atoms. The lowest BCUT2D eigenvalue weighted by Crippen LogP contribution is -2.35. The first-order chi connectivity index (χ1) is 7.59. The minimum absolute atomic E-state index is 0.169. The normalized spacial score (nSPS) is 15.7. The van der Waals surface area contributed by atoms with Gasteiger partial charge in [0.1, 0.15) is 10.4 Å². The molecule has 1 aromatic heterocycles. The second kappa shape index (κ2) is 4.09. The van der Waals surface area contributed by atoms with Gasteiger partial charge in [0.2, 0.25) is 0 Å². The smallest absolute Gasteiger partial charge is 0.415 e. The summed E-state index contributed by atoms with van der Waals surface area (Å²) in [6.07, 6.45) is -1.23. The minimum Gasteiger partial charge on any atom is -0.465 e. The fourth-order valence-electron chi connectivity index (χ4n) is 1.47. The fourth-order valence-corrected chi connectivity index (χ4v) is 1.81. The maximum absolute atomic E-state index is 11.7. The topological polar surface area (TPSA) is 73.7 Å². The number of pyridine rings is 1. The predicted molar refractivity (Wildman–Crippen MR) is 59.4 cm³/mol. The van der Waals surface area contributed by atoms with Crippen LogP contribution in [-0.2, 0) is 0 Å². The van der Waals surface area contributed by atoms with Gasteiger partial charge in [-0.2, -0.15) is 0 Å². The van der Waals surface area contributed by atoms with Crippen LogP contribution in [-0.4, -0.2) is 40.2 Å². The molecule has 0 saturated carbocycles. The zero-order valence-electron chi connectivity index (χ0n) is 8.13. The zero-order valence-corrected chi connectivity index (χ0v) is 9.72. The third kappa shape index (κ3) is 1.85. The fraction of sp³-hybridized carbons (Fsp3) is 0.222. The van der Waals surface area contributed by atoms with Crippen LogP contribution in [0.15, 0.2) is 22.8 Å². The number of hydrogen-bond acceptors (Lipinski definition) is 3. The van der Waals surface area contributed by atoms with Gasteiger partial charge < -0.3 is 5.11 Å². The molecule has 0 aromatic carbocycles. The van der Waals surface area contributed by atoms with Crippen molar-refractivity contribution in [1.29, 1.82) is 0 Å². The summed E-state index contributed by atoms with van der Waals surface area (Å²) in [4.78, 5) is 28.6. The molecule has 1 aliphatic rings. The van der Waals surface area contributed by atoms with E-state index < -0.39 is 12.1 Å². The predicted octanol–water partition coefficient (Wildman–Crippen LogP) is 1.76. The highest BCUT2D eigenvalue weighted by molar-refractivity contribution is 9.10. The molecular weight excluding hydrogens is 278 g/mol. The van der Waals surface area contributed by atoms with Gasteiger partial charge in [0, 0.05) is 6.54 Å². The van der Waals surface area contributed by atoms with Crippen molar-refractivity contribution >= 4 is 33.9 Å². The Hall–Kier alpha value is -1.63. The summed E-state index contributed by atoms with van der Waals surface area (Å²) in [6.45, 7) is 0.497. The Morgan fingerprint density at radius 2 is 2.19 bits per heavy atom. The van der Waals surface area contributed by atoms with Crippen molar-refractivity contribution in [2.24, 2.45) is 0 Å². The van der Waals surface area contributed by atoms with Crippen LogP contribution < -0.4 is 4.90 Å². The third-order valence-electron chi connectivity index (χ3n) is 2.22. The summed E-state index contributed by atoms with van der Waals surface area (Å²) >= 11 is 3.19. The second-order valence-corrected chi connectivity index (χ2v) is 4.00. The van der Waals surface area contributed by atoms with Crippen molar-refractivity contribution in [3.8, 4) is 0 Å². The van der Waals surface area contributed by atoms with Gasteiger partial charge in [0.05, 0.1) is 6.54 Å². The van der Waals surface area contributed by atoms with Crippen molar-refractivity contribution in [1.82, 2.24) is 9.88 Å². The first kappa shape index (κ1) is 10.9. The molecule has 0 radical (unpaired) electrons. The lowest BCUT2D eigenvalue weighted by molar-refractivity contribution is 0.158. The van der Waals surface area contributed by atoms with E-state index in [0.29, 0.717) is 17.0 Å². The van der Waals surface area contributed by atoms with Gasteiger partial charge in [0.25, 0.3) is 0 Å². The maximum Gasteiger partial charge on any atom is 0.415 e. The lowest BCUT2D eigenvalue weighted by Gasteiger charge is -2.14. The van der Waals surface area contributed by atoms with Gasteiger partial charge in [-0.25, -0.2) is 19.5 Å². The van der Waals surface area contributed by atoms with E-state index in [9.17, 15) is 9.59 Å². The Bertz CT molecular complexity index is 451. The number of halogens is 1. The molecule has 6 nitrogen and oxygen atoms in total. The first-order valence-corrected chi connectivity index (χ1v) is 5.33. The van der Waals surface area contributed by atoms with Gasteiger partial charge in [-0.3, -0.25) is 4.90 Å². The molecule has 1 N–H and O–H groups in total. The van der Waals surface area contributed by atoms with E-state index in [-0.39, 0.29) is 6.54 Å². The van der Waals surface area contributed by atoms with Gasteiger partial charge in [-0.05, 0) is 28.1 Å². The highest BCUT2D eigenvalue weighted by atomic mass is 79.9. The van der Waals surface area contributed by atoms with Crippen LogP contribution in [0.4, 0.5) is 15.4 Å². The van der Waals surface area contributed by atoms with E-state index in [1.807, 2.05) is 0 Å². The molecule has 0 spiro atoms. The summed E-state index contributed by atoms with van der Waals surface area (Å²) in [7, 11) is 0. The molecule has 1 aliphatic heterocycles. The lowest BCUT2D eigenvalue weighted by atomic mass is 10.4. The molecule has 1 aromatic rings. The molecule has 1 saturated heterocycles. The SMILES string of the molecule is O=C(O)N1CCN(c2cccc(Br)n2)C1=O. The van der Waals surface area contributed by atoms with Crippen molar-refractivity contribution in [3.63, 3.8) is 0 Å². The van der Waals surface area contributed by atoms with Crippen LogP contribution in [0, 0.1) is 0 Å². The maximum atomic E-state index is 11.7. The van der Waals surface area contributed by atoms with Gasteiger partial charge >= 0.3 is 12.1 Å². The van der Waals surface area contributed by atoms with E-state index in [2.05, 4.69) is 20.9 Å². The number of carboxylic acid groups (broad SMARTS) is 1. The summed E-state index contributed by atoms with van der Waals surface area (Å²) in [6, 6.07) is 4.58. The molecule has 0 atom stereocenters. The molecule has 2 rings (SSSR count). The third-order valence-corrected chi connectivity index (χ3v) is 2.66. The number of rotatable bonds is 1. The number of hydrogen-bond donors (Lipinski definition) is 1. The zero-order chi connectivity index (χ0) is 11.7. The molecule has 7 heteroatoms. The quantitative estimate of drug-likeness (QED) is 0.798. The molecule has 2 heterocycles. The van der Waals surface area contributed by atoms with Crippen molar-refractivity contribution in [2.75, 3.05) is 18.0 Å². The van der Waals surface area contributed by atoms with E-state index >= 15 is 0 Å². The summed E-state index contributed by atoms with van der Waals surface area (Å²) < 4.78 is 0.603. The summed E-state index contributed by atoms with van der Waals surface area (Å²) in [5, 5.41) is 8.75. The number of anilines is 1. The van der Waals surface area contributed by atoms with Crippen molar-refractivity contribution in [3.05, 3.63) is 22.8 Å². The van der Waals surface area contributed by atoms with Crippen molar-refractivity contribution < 1.29 is 14.7 Å². The number of amides is 3. The Kier molecular flexibility index (Phi) is 2.78. The van der Waals surface area contributed by atoms with Crippen LogP contribution in [0.1, 0.15) is 0 Å². The summed E-state index contributed by atoms with van der Waals surface area (Å²) in [5.41, 5.74) is 0. The highest BCUT2D eigenvalue weighted by Crippen LogP contribution is 2.19.